The van der Waals surface area contributed by atoms with E-state index < -0.39 is 0 Å². The van der Waals surface area contributed by atoms with Crippen molar-refractivity contribution in [2.75, 3.05) is 19.6 Å². The highest BCUT2D eigenvalue weighted by atomic mass is 16.2. The molecule has 1 fully saturated rings. The molecule has 27 heavy (non-hydrogen) atoms. The van der Waals surface area contributed by atoms with Crippen LogP contribution in [-0.2, 0) is 11.8 Å². The van der Waals surface area contributed by atoms with E-state index in [2.05, 4.69) is 18.7 Å². The lowest BCUT2D eigenvalue weighted by Gasteiger charge is -2.43. The molecular weight excluding hydrogens is 340 g/mol. The van der Waals surface area contributed by atoms with Crippen LogP contribution in [0.3, 0.4) is 0 Å². The molecule has 2 aromatic rings. The largest absolute Gasteiger partial charge is 0.337 e. The Labute approximate surface area is 160 Å². The molecule has 1 saturated heterocycles. The Hall–Kier alpha value is -2.21. The summed E-state index contributed by atoms with van der Waals surface area (Å²) >= 11 is 0. The Morgan fingerprint density at radius 1 is 1.26 bits per heavy atom. The van der Waals surface area contributed by atoms with E-state index in [1.165, 1.54) is 0 Å². The van der Waals surface area contributed by atoms with Crippen LogP contribution in [-0.4, -0.2) is 50.9 Å². The first-order chi connectivity index (χ1) is 12.8. The minimum absolute atomic E-state index is 0.00396. The Kier molecular flexibility index (Phi) is 5.65. The number of rotatable bonds is 4. The fourth-order valence-electron chi connectivity index (χ4n) is 4.07. The lowest BCUT2D eigenvalue weighted by atomic mass is 10.1. The molecule has 2 heterocycles. The van der Waals surface area contributed by atoms with Crippen LogP contribution in [0.1, 0.15) is 46.0 Å². The zero-order valence-corrected chi connectivity index (χ0v) is 17.0. The molecule has 1 aromatic carbocycles. The summed E-state index contributed by atoms with van der Waals surface area (Å²) < 4.78 is 1.69. The minimum Gasteiger partial charge on any atom is -0.337 e. The summed E-state index contributed by atoms with van der Waals surface area (Å²) in [6, 6.07) is 7.72. The number of para-hydroxylation sites is 1. The van der Waals surface area contributed by atoms with E-state index in [1.807, 2.05) is 50.1 Å². The van der Waals surface area contributed by atoms with Gasteiger partial charge in [0.2, 0.25) is 5.91 Å². The molecule has 1 aliphatic rings. The summed E-state index contributed by atoms with van der Waals surface area (Å²) in [6.45, 7) is 10.4. The number of hydrogen-bond donors (Lipinski definition) is 0. The summed E-state index contributed by atoms with van der Waals surface area (Å²) in [7, 11) is 1.81. The minimum atomic E-state index is -0.00396. The maximum absolute atomic E-state index is 12.8. The molecule has 0 N–H and O–H groups in total. The van der Waals surface area contributed by atoms with Gasteiger partial charge in [-0.25, -0.2) is 4.98 Å². The fourth-order valence-corrected chi connectivity index (χ4v) is 4.07. The first-order valence-electron chi connectivity index (χ1n) is 9.85. The Bertz CT molecular complexity index is 889. The second-order valence-electron chi connectivity index (χ2n) is 7.81. The van der Waals surface area contributed by atoms with Crippen LogP contribution in [0.5, 0.6) is 0 Å². The van der Waals surface area contributed by atoms with Gasteiger partial charge >= 0.3 is 0 Å². The normalized spacial score (nSPS) is 19.6. The third-order valence-corrected chi connectivity index (χ3v) is 5.58. The van der Waals surface area contributed by atoms with Crippen LogP contribution in [0.4, 0.5) is 0 Å². The van der Waals surface area contributed by atoms with Gasteiger partial charge in [0.05, 0.1) is 16.9 Å². The maximum Gasteiger partial charge on any atom is 0.261 e. The van der Waals surface area contributed by atoms with Crippen molar-refractivity contribution in [1.82, 2.24) is 19.4 Å². The molecule has 1 aromatic heterocycles. The topological polar surface area (TPSA) is 58.4 Å². The molecule has 1 aliphatic heterocycles. The van der Waals surface area contributed by atoms with Crippen molar-refractivity contribution >= 4 is 16.8 Å². The van der Waals surface area contributed by atoms with E-state index in [0.717, 1.165) is 37.4 Å². The van der Waals surface area contributed by atoms with Crippen LogP contribution >= 0.6 is 0 Å². The molecule has 2 atom stereocenters. The number of carbonyl (C=O) groups excluding carboxylic acids is 1. The van der Waals surface area contributed by atoms with E-state index in [-0.39, 0.29) is 29.5 Å². The van der Waals surface area contributed by atoms with Gasteiger partial charge in [0.15, 0.2) is 0 Å². The third kappa shape index (κ3) is 3.63. The van der Waals surface area contributed by atoms with E-state index >= 15 is 0 Å². The number of hydrogen-bond acceptors (Lipinski definition) is 4. The highest BCUT2D eigenvalue weighted by Crippen LogP contribution is 2.26. The summed E-state index contributed by atoms with van der Waals surface area (Å²) in [5, 5.41) is 0.652. The van der Waals surface area contributed by atoms with E-state index in [9.17, 15) is 9.59 Å². The second kappa shape index (κ2) is 7.80. The van der Waals surface area contributed by atoms with Gasteiger partial charge in [0, 0.05) is 38.6 Å². The molecule has 6 heteroatoms. The number of aromatic nitrogens is 2. The first kappa shape index (κ1) is 19.5. The third-order valence-electron chi connectivity index (χ3n) is 5.58. The van der Waals surface area contributed by atoms with Crippen molar-refractivity contribution in [3.05, 3.63) is 40.4 Å². The van der Waals surface area contributed by atoms with Gasteiger partial charge in [-0.1, -0.05) is 32.9 Å². The molecule has 3 rings (SSSR count). The number of amides is 1. The molecule has 2 unspecified atom stereocenters. The van der Waals surface area contributed by atoms with E-state index in [0.29, 0.717) is 5.39 Å². The standard InChI is InChI=1S/C21H30N4O2/c1-6-18(24-11-12-25(15(4)13-24)20(26)14(2)3)19-22-17-10-8-7-9-16(17)21(27)23(19)5/h7-10,14-15,18H,6,11-13H2,1-5H3. The molecule has 146 valence electrons. The lowest BCUT2D eigenvalue weighted by molar-refractivity contribution is -0.139. The number of nitrogens with zero attached hydrogens (tertiary/aromatic N) is 4. The van der Waals surface area contributed by atoms with Crippen molar-refractivity contribution < 1.29 is 4.79 Å². The SMILES string of the molecule is CCC(c1nc2ccccc2c(=O)n1C)N1CCN(C(=O)C(C)C)C(C)C1. The van der Waals surface area contributed by atoms with Crippen LogP contribution in [0.15, 0.2) is 29.1 Å². The predicted molar refractivity (Wildman–Crippen MR) is 108 cm³/mol. The van der Waals surface area contributed by atoms with Gasteiger partial charge < -0.3 is 4.90 Å². The number of carbonyl (C=O) groups is 1. The zero-order chi connectivity index (χ0) is 19.7. The monoisotopic (exact) mass is 370 g/mol. The molecule has 0 radical (unpaired) electrons. The molecular formula is C21H30N4O2. The van der Waals surface area contributed by atoms with Crippen LogP contribution in [0.2, 0.25) is 0 Å². The first-order valence-corrected chi connectivity index (χ1v) is 9.85. The number of benzene rings is 1. The van der Waals surface area contributed by atoms with Gasteiger partial charge in [-0.2, -0.15) is 0 Å². The van der Waals surface area contributed by atoms with Crippen molar-refractivity contribution in [3.63, 3.8) is 0 Å². The van der Waals surface area contributed by atoms with Gasteiger partial charge in [-0.15, -0.1) is 0 Å². The smallest absolute Gasteiger partial charge is 0.261 e. The van der Waals surface area contributed by atoms with Crippen molar-refractivity contribution in [2.45, 2.75) is 46.2 Å². The summed E-state index contributed by atoms with van der Waals surface area (Å²) in [6.07, 6.45) is 0.865. The maximum atomic E-state index is 12.8. The van der Waals surface area contributed by atoms with Crippen LogP contribution in [0.25, 0.3) is 10.9 Å². The lowest BCUT2D eigenvalue weighted by Crippen LogP contribution is -2.55. The Balaban J connectivity index is 1.91. The summed E-state index contributed by atoms with van der Waals surface area (Å²) in [5.41, 5.74) is 0.742. The molecule has 0 aliphatic carbocycles. The Morgan fingerprint density at radius 3 is 2.59 bits per heavy atom. The summed E-state index contributed by atoms with van der Waals surface area (Å²) in [5.74, 6) is 1.03. The number of fused-ring (bicyclic) bond motifs is 1. The highest BCUT2D eigenvalue weighted by Gasteiger charge is 2.33. The van der Waals surface area contributed by atoms with Crippen LogP contribution < -0.4 is 5.56 Å². The van der Waals surface area contributed by atoms with Crippen molar-refractivity contribution in [2.24, 2.45) is 13.0 Å². The highest BCUT2D eigenvalue weighted by molar-refractivity contribution is 5.78. The predicted octanol–water partition coefficient (Wildman–Crippen LogP) is 2.57. The Morgan fingerprint density at radius 2 is 1.96 bits per heavy atom. The molecule has 0 saturated carbocycles. The molecule has 1 amide bonds. The molecule has 0 bridgehead atoms. The van der Waals surface area contributed by atoms with Gasteiger partial charge in [-0.05, 0) is 25.5 Å². The van der Waals surface area contributed by atoms with Crippen molar-refractivity contribution in [3.8, 4) is 0 Å². The van der Waals surface area contributed by atoms with E-state index in [4.69, 9.17) is 4.98 Å². The second-order valence-corrected chi connectivity index (χ2v) is 7.81. The summed E-state index contributed by atoms with van der Waals surface area (Å²) in [4.78, 5) is 34.4. The number of piperazine rings is 1. The average Bonchev–Trinajstić information content (AvgIpc) is 2.66. The fraction of sp³-hybridized carbons (Fsp3) is 0.571. The average molecular weight is 370 g/mol. The quantitative estimate of drug-likeness (QED) is 0.830. The van der Waals surface area contributed by atoms with Crippen LogP contribution in [0, 0.1) is 5.92 Å². The zero-order valence-electron chi connectivity index (χ0n) is 17.0. The molecule has 0 spiro atoms. The van der Waals surface area contributed by atoms with Gasteiger partial charge in [0.25, 0.3) is 5.56 Å². The van der Waals surface area contributed by atoms with Gasteiger partial charge in [0.1, 0.15) is 5.82 Å². The molecule has 6 nitrogen and oxygen atoms in total. The van der Waals surface area contributed by atoms with Gasteiger partial charge in [-0.3, -0.25) is 19.1 Å². The van der Waals surface area contributed by atoms with E-state index in [1.54, 1.807) is 4.57 Å². The van der Waals surface area contributed by atoms with Crippen molar-refractivity contribution in [1.29, 1.82) is 0 Å².